The molecule has 0 radical (unpaired) electrons. The van der Waals surface area contributed by atoms with Crippen molar-refractivity contribution in [1.29, 1.82) is 0 Å². The second kappa shape index (κ2) is 8.98. The van der Waals surface area contributed by atoms with E-state index < -0.39 is 6.04 Å². The Morgan fingerprint density at radius 1 is 1.27 bits per heavy atom. The maximum Gasteiger partial charge on any atom is 0.165 e. The average Bonchev–Trinajstić information content (AvgIpc) is 2.58. The highest BCUT2D eigenvalue weighted by molar-refractivity contribution is 5.48. The molecule has 0 amide bonds. The number of rotatable bonds is 8. The molecule has 0 spiro atoms. The van der Waals surface area contributed by atoms with Crippen LogP contribution in [0.2, 0.25) is 0 Å². The maximum atomic E-state index is 9.29. The molecule has 22 heavy (non-hydrogen) atoms. The zero-order valence-electron chi connectivity index (χ0n) is 13.5. The molecule has 0 aromatic heterocycles. The number of hydrogen-bond acceptors (Lipinski definition) is 5. The molecule has 0 aliphatic carbocycles. The van der Waals surface area contributed by atoms with Gasteiger partial charge in [0.15, 0.2) is 11.5 Å². The molecule has 1 aliphatic heterocycles. The highest BCUT2D eigenvalue weighted by Crippen LogP contribution is 2.34. The first-order valence-electron chi connectivity index (χ1n) is 8.14. The van der Waals surface area contributed by atoms with Crippen molar-refractivity contribution >= 4 is 0 Å². The summed E-state index contributed by atoms with van der Waals surface area (Å²) in [4.78, 5) is 2.50. The number of hydrogen-bond donors (Lipinski definition) is 2. The summed E-state index contributed by atoms with van der Waals surface area (Å²) in [6.07, 6.45) is 4.95. The Hall–Kier alpha value is -1.30. The van der Waals surface area contributed by atoms with E-state index in [1.807, 2.05) is 18.2 Å². The lowest BCUT2D eigenvalue weighted by Gasteiger charge is -2.26. The number of benzene rings is 1. The zero-order chi connectivity index (χ0) is 15.8. The van der Waals surface area contributed by atoms with Crippen molar-refractivity contribution in [3.63, 3.8) is 0 Å². The van der Waals surface area contributed by atoms with Crippen LogP contribution in [0, 0.1) is 0 Å². The minimum absolute atomic E-state index is 0.114. The molecule has 1 aliphatic rings. The van der Waals surface area contributed by atoms with Crippen LogP contribution < -0.4 is 15.2 Å². The van der Waals surface area contributed by atoms with E-state index in [4.69, 9.17) is 15.2 Å². The van der Waals surface area contributed by atoms with Gasteiger partial charge in [-0.2, -0.15) is 0 Å². The Balaban J connectivity index is 1.90. The maximum absolute atomic E-state index is 9.29. The molecule has 0 unspecified atom stereocenters. The number of piperidine rings is 1. The predicted molar refractivity (Wildman–Crippen MR) is 87.4 cm³/mol. The smallest absolute Gasteiger partial charge is 0.165 e. The van der Waals surface area contributed by atoms with Crippen molar-refractivity contribution in [2.75, 3.05) is 40.0 Å². The van der Waals surface area contributed by atoms with Crippen LogP contribution in [0.4, 0.5) is 0 Å². The summed E-state index contributed by atoms with van der Waals surface area (Å²) < 4.78 is 11.3. The molecule has 0 saturated carbocycles. The second-order valence-corrected chi connectivity index (χ2v) is 5.77. The zero-order valence-corrected chi connectivity index (χ0v) is 13.5. The largest absolute Gasteiger partial charge is 0.493 e. The van der Waals surface area contributed by atoms with Crippen LogP contribution in [0.5, 0.6) is 11.5 Å². The number of nitrogens with zero attached hydrogens (tertiary/aromatic N) is 1. The van der Waals surface area contributed by atoms with Crippen molar-refractivity contribution in [3.8, 4) is 11.5 Å². The Labute approximate surface area is 133 Å². The highest BCUT2D eigenvalue weighted by Gasteiger charge is 2.16. The van der Waals surface area contributed by atoms with Gasteiger partial charge in [-0.3, -0.25) is 0 Å². The number of methoxy groups -OCH3 is 1. The number of ether oxygens (including phenoxy) is 2. The molecule has 0 bridgehead atoms. The first-order valence-corrected chi connectivity index (χ1v) is 8.14. The lowest BCUT2D eigenvalue weighted by atomic mass is 10.1. The summed E-state index contributed by atoms with van der Waals surface area (Å²) >= 11 is 0. The first-order chi connectivity index (χ1) is 10.8. The van der Waals surface area contributed by atoms with Gasteiger partial charge in [-0.25, -0.2) is 0 Å². The van der Waals surface area contributed by atoms with Gasteiger partial charge in [-0.15, -0.1) is 0 Å². The lowest BCUT2D eigenvalue weighted by molar-refractivity contribution is 0.201. The fourth-order valence-electron chi connectivity index (χ4n) is 2.88. The summed E-state index contributed by atoms with van der Waals surface area (Å²) in [7, 11) is 1.62. The van der Waals surface area contributed by atoms with E-state index in [-0.39, 0.29) is 6.61 Å². The van der Waals surface area contributed by atoms with Crippen LogP contribution in [0.1, 0.15) is 37.3 Å². The minimum Gasteiger partial charge on any atom is -0.493 e. The average molecular weight is 308 g/mol. The van der Waals surface area contributed by atoms with Crippen molar-refractivity contribution in [2.45, 2.75) is 31.7 Å². The molecule has 3 N–H and O–H groups in total. The quantitative estimate of drug-likeness (QED) is 0.718. The van der Waals surface area contributed by atoms with Gasteiger partial charge in [0.25, 0.3) is 0 Å². The molecule has 1 fully saturated rings. The fourth-order valence-corrected chi connectivity index (χ4v) is 2.88. The number of likely N-dealkylation sites (tertiary alicyclic amines) is 1. The molecule has 2 rings (SSSR count). The molecule has 1 saturated heterocycles. The fraction of sp³-hybridized carbons (Fsp3) is 0.647. The van der Waals surface area contributed by atoms with Gasteiger partial charge < -0.3 is 25.2 Å². The molecular formula is C17H28N2O3. The Bertz CT molecular complexity index is 448. The lowest BCUT2D eigenvalue weighted by Crippen LogP contribution is -2.31. The Morgan fingerprint density at radius 2 is 2.05 bits per heavy atom. The van der Waals surface area contributed by atoms with E-state index in [9.17, 15) is 5.11 Å². The van der Waals surface area contributed by atoms with E-state index >= 15 is 0 Å². The Kier molecular flexibility index (Phi) is 6.96. The topological polar surface area (TPSA) is 68.0 Å². The number of aliphatic hydroxyl groups is 1. The minimum atomic E-state index is -0.452. The number of nitrogens with two attached hydrogens (primary N) is 1. The van der Waals surface area contributed by atoms with Crippen molar-refractivity contribution in [2.24, 2.45) is 5.73 Å². The number of aliphatic hydroxyl groups excluding tert-OH is 1. The summed E-state index contributed by atoms with van der Waals surface area (Å²) in [5.74, 6) is 1.32. The summed E-state index contributed by atoms with van der Waals surface area (Å²) in [5, 5.41) is 9.29. The van der Waals surface area contributed by atoms with E-state index in [1.165, 1.54) is 32.4 Å². The van der Waals surface area contributed by atoms with Gasteiger partial charge >= 0.3 is 0 Å². The van der Waals surface area contributed by atoms with Gasteiger partial charge in [-0.1, -0.05) is 18.6 Å². The highest BCUT2D eigenvalue weighted by atomic mass is 16.5. The SMILES string of the molecule is COc1cccc([C@H](N)CO)c1OCCCN1CCCCC1. The summed E-state index contributed by atoms with van der Waals surface area (Å²) in [5.41, 5.74) is 6.74. The van der Waals surface area contributed by atoms with Gasteiger partial charge in [0.2, 0.25) is 0 Å². The monoisotopic (exact) mass is 308 g/mol. The molecule has 5 heteroatoms. The van der Waals surface area contributed by atoms with Crippen LogP contribution in [0.3, 0.4) is 0 Å². The van der Waals surface area contributed by atoms with Crippen molar-refractivity contribution < 1.29 is 14.6 Å². The molecular weight excluding hydrogens is 280 g/mol. The first kappa shape index (κ1) is 17.1. The van der Waals surface area contributed by atoms with Crippen LogP contribution in [0.15, 0.2) is 18.2 Å². The van der Waals surface area contributed by atoms with E-state index in [1.54, 1.807) is 7.11 Å². The van der Waals surface area contributed by atoms with Crippen LogP contribution in [-0.4, -0.2) is 50.0 Å². The third kappa shape index (κ3) is 4.60. The molecule has 1 atom stereocenters. The van der Waals surface area contributed by atoms with E-state index in [0.29, 0.717) is 18.1 Å². The van der Waals surface area contributed by atoms with Crippen molar-refractivity contribution in [1.82, 2.24) is 4.90 Å². The van der Waals surface area contributed by atoms with E-state index in [2.05, 4.69) is 4.90 Å². The summed E-state index contributed by atoms with van der Waals surface area (Å²) in [6.45, 7) is 3.99. The molecule has 1 aromatic rings. The normalized spacial score (nSPS) is 17.2. The number of para-hydroxylation sites is 1. The summed E-state index contributed by atoms with van der Waals surface area (Å²) in [6, 6.07) is 5.15. The molecule has 1 aromatic carbocycles. The van der Waals surface area contributed by atoms with Crippen LogP contribution in [-0.2, 0) is 0 Å². The van der Waals surface area contributed by atoms with Gasteiger partial charge in [-0.05, 0) is 38.4 Å². The van der Waals surface area contributed by atoms with Crippen LogP contribution >= 0.6 is 0 Å². The van der Waals surface area contributed by atoms with Gasteiger partial charge in [0, 0.05) is 12.1 Å². The molecule has 5 nitrogen and oxygen atoms in total. The van der Waals surface area contributed by atoms with Crippen molar-refractivity contribution in [3.05, 3.63) is 23.8 Å². The third-order valence-electron chi connectivity index (χ3n) is 4.14. The standard InChI is InChI=1S/C17H28N2O3/c1-21-16-8-5-7-14(15(18)13-20)17(16)22-12-6-11-19-9-3-2-4-10-19/h5,7-8,15,20H,2-4,6,9-13,18H2,1H3/t15-/m1/s1. The Morgan fingerprint density at radius 3 is 2.73 bits per heavy atom. The predicted octanol–water partition coefficient (Wildman–Crippen LogP) is 1.94. The molecule has 1 heterocycles. The van der Waals surface area contributed by atoms with Gasteiger partial charge in [0.05, 0.1) is 26.4 Å². The van der Waals surface area contributed by atoms with E-state index in [0.717, 1.165) is 18.5 Å². The molecule has 124 valence electrons. The van der Waals surface area contributed by atoms with Crippen LogP contribution in [0.25, 0.3) is 0 Å². The third-order valence-corrected chi connectivity index (χ3v) is 4.14. The van der Waals surface area contributed by atoms with Gasteiger partial charge in [0.1, 0.15) is 0 Å². The second-order valence-electron chi connectivity index (χ2n) is 5.77.